The maximum absolute atomic E-state index is 12.3. The average molecular weight is 481 g/mol. The van der Waals surface area contributed by atoms with Gasteiger partial charge in [-0.1, -0.05) is 54.1 Å². The Hall–Kier alpha value is -3.02. The van der Waals surface area contributed by atoms with E-state index in [-0.39, 0.29) is 8.77 Å². The fourth-order valence-corrected chi connectivity index (χ4v) is 3.38. The molecule has 34 heavy (non-hydrogen) atoms. The molecule has 0 aliphatic heterocycles. The Morgan fingerprint density at radius 1 is 1.00 bits per heavy atom. The number of Topliss-reactive ketones (excluding diaryl/α,β-unsaturated/α-hetero) is 1. The first kappa shape index (κ1) is 31.0. The fraction of sp³-hybridized carbons (Fsp3) is 0.393. The molecule has 0 radical (unpaired) electrons. The van der Waals surface area contributed by atoms with Crippen molar-refractivity contribution in [3.05, 3.63) is 82.4 Å². The number of carbonyl (C=O) groups excluding carboxylic acids is 3. The van der Waals surface area contributed by atoms with Crippen LogP contribution in [0.4, 0.5) is 13.2 Å². The SMILES string of the molecule is C=O.CC=O.Cc1ccc(CC(=O)C2CCC=CCC2)cc1C.Cc1cccc(C(F)(F)F)c1.[HH].[HH]. The van der Waals surface area contributed by atoms with Gasteiger partial charge in [-0.25, -0.2) is 0 Å². The minimum Gasteiger partial charge on any atom is -0.307 e. The highest BCUT2D eigenvalue weighted by molar-refractivity contribution is 5.83. The maximum Gasteiger partial charge on any atom is 0.416 e. The third-order valence-corrected chi connectivity index (χ3v) is 5.28. The number of carbonyl (C=O) groups is 3. The van der Waals surface area contributed by atoms with Gasteiger partial charge in [-0.2, -0.15) is 13.2 Å². The standard InChI is InChI=1S/C17H22O.C8H7F3.C2H4O.CH2O.2H2/c1-13-9-10-15(11-14(13)2)12-17(18)16-7-5-3-4-6-8-16;1-6-3-2-4-7(5-6)8(9,10)11;1-2-3;1-2;;/h3-4,9-11,16H,5-8,12H2,1-2H3;2-5H,1H3;2H,1H3;1H2;2*1H. The molecule has 6 heteroatoms. The molecule has 0 saturated heterocycles. The van der Waals surface area contributed by atoms with Crippen molar-refractivity contribution in [2.45, 2.75) is 66.0 Å². The summed E-state index contributed by atoms with van der Waals surface area (Å²) in [7, 11) is 0. The molecule has 1 aliphatic carbocycles. The van der Waals surface area contributed by atoms with E-state index >= 15 is 0 Å². The minimum absolute atomic E-state index is 0. The van der Waals surface area contributed by atoms with E-state index in [4.69, 9.17) is 9.59 Å². The Kier molecular flexibility index (Phi) is 15.1. The molecule has 0 amide bonds. The van der Waals surface area contributed by atoms with Gasteiger partial charge in [0.2, 0.25) is 0 Å². The summed E-state index contributed by atoms with van der Waals surface area (Å²) in [6.45, 7) is 9.30. The highest BCUT2D eigenvalue weighted by Gasteiger charge is 2.29. The van der Waals surface area contributed by atoms with E-state index < -0.39 is 11.7 Å². The number of allylic oxidation sites excluding steroid dienone is 2. The highest BCUT2D eigenvalue weighted by Crippen LogP contribution is 2.29. The smallest absolute Gasteiger partial charge is 0.307 e. The molecule has 0 fully saturated rings. The van der Waals surface area contributed by atoms with Crippen LogP contribution in [0.5, 0.6) is 0 Å². The summed E-state index contributed by atoms with van der Waals surface area (Å²) in [6, 6.07) is 11.6. The highest BCUT2D eigenvalue weighted by atomic mass is 19.4. The number of hydrogen-bond acceptors (Lipinski definition) is 3. The van der Waals surface area contributed by atoms with Crippen LogP contribution in [-0.2, 0) is 27.0 Å². The third-order valence-electron chi connectivity index (χ3n) is 5.28. The molecule has 0 heterocycles. The van der Waals surface area contributed by atoms with Crippen molar-refractivity contribution in [3.8, 4) is 0 Å². The van der Waals surface area contributed by atoms with Crippen molar-refractivity contribution in [2.75, 3.05) is 0 Å². The predicted octanol–water partition coefficient (Wildman–Crippen LogP) is 7.69. The molecule has 2 aromatic rings. The molecule has 0 unspecified atom stereocenters. The van der Waals surface area contributed by atoms with E-state index in [9.17, 15) is 18.0 Å². The van der Waals surface area contributed by atoms with Crippen molar-refractivity contribution < 1.29 is 30.4 Å². The van der Waals surface area contributed by atoms with Gasteiger partial charge >= 0.3 is 6.18 Å². The first-order chi connectivity index (χ1) is 16.1. The third kappa shape index (κ3) is 12.3. The normalized spacial score (nSPS) is 13.0. The molecule has 1 aliphatic rings. The zero-order valence-electron chi connectivity index (χ0n) is 20.5. The Morgan fingerprint density at radius 3 is 2.00 bits per heavy atom. The molecule has 190 valence electrons. The second-order valence-electron chi connectivity index (χ2n) is 7.99. The van der Waals surface area contributed by atoms with Gasteiger partial charge in [0, 0.05) is 15.2 Å². The predicted molar refractivity (Wildman–Crippen MR) is 135 cm³/mol. The first-order valence-electron chi connectivity index (χ1n) is 11.1. The van der Waals surface area contributed by atoms with Crippen LogP contribution in [0, 0.1) is 26.7 Å². The van der Waals surface area contributed by atoms with Crippen LogP contribution in [0.25, 0.3) is 0 Å². The molecule has 3 nitrogen and oxygen atoms in total. The summed E-state index contributed by atoms with van der Waals surface area (Å²) in [6.07, 6.45) is 5.73. The summed E-state index contributed by atoms with van der Waals surface area (Å²) in [5.74, 6) is 0.684. The van der Waals surface area contributed by atoms with Crippen molar-refractivity contribution in [2.24, 2.45) is 5.92 Å². The van der Waals surface area contributed by atoms with Crippen LogP contribution in [-0.4, -0.2) is 18.9 Å². The molecule has 3 rings (SSSR count). The number of aryl methyl sites for hydroxylation is 3. The monoisotopic (exact) mass is 480 g/mol. The lowest BCUT2D eigenvalue weighted by Crippen LogP contribution is -2.16. The van der Waals surface area contributed by atoms with Crippen LogP contribution >= 0.6 is 0 Å². The van der Waals surface area contributed by atoms with Gasteiger partial charge in [0.25, 0.3) is 0 Å². The number of rotatable bonds is 3. The van der Waals surface area contributed by atoms with Crippen molar-refractivity contribution in [1.82, 2.24) is 0 Å². The van der Waals surface area contributed by atoms with E-state index in [0.29, 0.717) is 17.8 Å². The molecular weight excluding hydrogens is 441 g/mol. The summed E-state index contributed by atoms with van der Waals surface area (Å²) < 4.78 is 35.9. The summed E-state index contributed by atoms with van der Waals surface area (Å²) in [5.41, 5.74) is 3.78. The first-order valence-corrected chi connectivity index (χ1v) is 11.1. The molecule has 0 aromatic heterocycles. The topological polar surface area (TPSA) is 51.2 Å². The molecule has 0 saturated carbocycles. The van der Waals surface area contributed by atoms with E-state index in [1.807, 2.05) is 6.79 Å². The quantitative estimate of drug-likeness (QED) is 0.334. The summed E-state index contributed by atoms with van der Waals surface area (Å²) >= 11 is 0. The van der Waals surface area contributed by atoms with E-state index in [2.05, 4.69) is 44.2 Å². The zero-order chi connectivity index (χ0) is 26.1. The lowest BCUT2D eigenvalue weighted by atomic mass is 9.90. The lowest BCUT2D eigenvalue weighted by molar-refractivity contribution is -0.137. The molecule has 0 bridgehead atoms. The fourth-order valence-electron chi connectivity index (χ4n) is 3.38. The van der Waals surface area contributed by atoms with Crippen LogP contribution in [0.3, 0.4) is 0 Å². The largest absolute Gasteiger partial charge is 0.416 e. The average Bonchev–Trinajstić information content (AvgIpc) is 3.08. The number of hydrogen-bond donors (Lipinski definition) is 0. The Morgan fingerprint density at radius 2 is 1.56 bits per heavy atom. The van der Waals surface area contributed by atoms with Gasteiger partial charge in [0.05, 0.1) is 5.56 Å². The van der Waals surface area contributed by atoms with Crippen molar-refractivity contribution >= 4 is 18.9 Å². The number of benzene rings is 2. The van der Waals surface area contributed by atoms with Gasteiger partial charge in [-0.3, -0.25) is 4.79 Å². The molecule has 0 spiro atoms. The number of ketones is 1. The van der Waals surface area contributed by atoms with Gasteiger partial charge in [-0.05, 0) is 76.1 Å². The van der Waals surface area contributed by atoms with Crippen LogP contribution < -0.4 is 0 Å². The van der Waals surface area contributed by atoms with E-state index in [0.717, 1.165) is 44.1 Å². The molecule has 0 N–H and O–H groups in total. The number of alkyl halides is 3. The van der Waals surface area contributed by atoms with Crippen LogP contribution in [0.15, 0.2) is 54.6 Å². The maximum atomic E-state index is 12.3. The molecular formula is C28H39F3O3. The Balaban J connectivity index is -0.000000523. The van der Waals surface area contributed by atoms with Gasteiger partial charge in [0.1, 0.15) is 18.9 Å². The Bertz CT molecular complexity index is 918. The Labute approximate surface area is 204 Å². The van der Waals surface area contributed by atoms with Crippen molar-refractivity contribution in [3.63, 3.8) is 0 Å². The summed E-state index contributed by atoms with van der Waals surface area (Å²) in [4.78, 5) is 29.1. The van der Waals surface area contributed by atoms with Gasteiger partial charge in [-0.15, -0.1) is 0 Å². The van der Waals surface area contributed by atoms with E-state index in [1.165, 1.54) is 29.7 Å². The minimum atomic E-state index is -4.22. The van der Waals surface area contributed by atoms with Gasteiger partial charge < -0.3 is 9.59 Å². The van der Waals surface area contributed by atoms with Gasteiger partial charge in [0.15, 0.2) is 0 Å². The number of halogens is 3. The molecule has 2 aromatic carbocycles. The van der Waals surface area contributed by atoms with Crippen LogP contribution in [0.1, 0.15) is 63.3 Å². The second-order valence-corrected chi connectivity index (χ2v) is 7.99. The second kappa shape index (κ2) is 16.6. The van der Waals surface area contributed by atoms with Crippen molar-refractivity contribution in [1.29, 1.82) is 0 Å². The summed E-state index contributed by atoms with van der Waals surface area (Å²) in [5, 5.41) is 0. The van der Waals surface area contributed by atoms with Crippen LogP contribution in [0.2, 0.25) is 0 Å². The number of aldehydes is 1. The zero-order valence-corrected chi connectivity index (χ0v) is 20.5. The molecule has 0 atom stereocenters. The van der Waals surface area contributed by atoms with E-state index in [1.54, 1.807) is 13.0 Å². The lowest BCUT2D eigenvalue weighted by Gasteiger charge is -2.13.